The van der Waals surface area contributed by atoms with Gasteiger partial charge >= 0.3 is 5.97 Å². The van der Waals surface area contributed by atoms with E-state index < -0.39 is 5.97 Å². The fourth-order valence-electron chi connectivity index (χ4n) is 1.57. The first-order valence-corrected chi connectivity index (χ1v) is 7.82. The quantitative estimate of drug-likeness (QED) is 0.240. The molecule has 0 aromatic carbocycles. The van der Waals surface area contributed by atoms with Gasteiger partial charge in [-0.15, -0.1) is 0 Å². The lowest BCUT2D eigenvalue weighted by Gasteiger charge is -2.14. The summed E-state index contributed by atoms with van der Waals surface area (Å²) in [6, 6.07) is 0. The summed E-state index contributed by atoms with van der Waals surface area (Å²) >= 11 is 0. The average molecular weight is 357 g/mol. The van der Waals surface area contributed by atoms with Crippen LogP contribution in [0.5, 0.6) is 0 Å². The minimum absolute atomic E-state index is 0.0417. The molecule has 9 heteroatoms. The number of hydrogen-bond acceptors (Lipinski definition) is 6. The molecule has 142 valence electrons. The van der Waals surface area contributed by atoms with Crippen LogP contribution in [0, 0.1) is 0 Å². The van der Waals surface area contributed by atoms with Gasteiger partial charge in [0.05, 0.1) is 13.1 Å². The van der Waals surface area contributed by atoms with Gasteiger partial charge in [-0.05, 0) is 26.0 Å². The molecule has 25 heavy (non-hydrogen) atoms. The molecular formula is C16H27N3O6. The van der Waals surface area contributed by atoms with Crippen LogP contribution in [0.4, 0.5) is 0 Å². The van der Waals surface area contributed by atoms with Gasteiger partial charge in [0.2, 0.25) is 11.8 Å². The van der Waals surface area contributed by atoms with E-state index in [4.69, 9.17) is 5.11 Å². The predicted octanol–water partition coefficient (Wildman–Crippen LogP) is -0.634. The van der Waals surface area contributed by atoms with Crippen LogP contribution in [0.15, 0.2) is 12.2 Å². The summed E-state index contributed by atoms with van der Waals surface area (Å²) in [6.07, 6.45) is 6.31. The molecule has 0 aromatic rings. The Morgan fingerprint density at radius 1 is 1.12 bits per heavy atom. The van der Waals surface area contributed by atoms with Crippen molar-refractivity contribution in [3.8, 4) is 0 Å². The number of carbonyl (C=O) groups excluding carboxylic acids is 4. The molecule has 0 bridgehead atoms. The van der Waals surface area contributed by atoms with E-state index in [9.17, 15) is 24.0 Å². The van der Waals surface area contributed by atoms with Crippen LogP contribution in [-0.2, 0) is 24.0 Å². The van der Waals surface area contributed by atoms with E-state index in [1.165, 1.54) is 11.0 Å². The molecule has 0 rings (SSSR count). The Kier molecular flexibility index (Phi) is 17.6. The van der Waals surface area contributed by atoms with Crippen molar-refractivity contribution in [2.24, 2.45) is 0 Å². The highest BCUT2D eigenvalue weighted by Gasteiger charge is 2.04. The van der Waals surface area contributed by atoms with Crippen LogP contribution in [0.25, 0.3) is 0 Å². The van der Waals surface area contributed by atoms with Crippen LogP contribution in [0.3, 0.4) is 0 Å². The average Bonchev–Trinajstić information content (AvgIpc) is 2.57. The highest BCUT2D eigenvalue weighted by molar-refractivity contribution is 5.90. The molecule has 9 nitrogen and oxygen atoms in total. The Balaban J connectivity index is 0. The van der Waals surface area contributed by atoms with Gasteiger partial charge in [0.1, 0.15) is 12.6 Å². The number of unbranched alkanes of at least 4 members (excludes halogenated alkanes) is 2. The Morgan fingerprint density at radius 3 is 2.28 bits per heavy atom. The van der Waals surface area contributed by atoms with Gasteiger partial charge in [-0.1, -0.05) is 6.42 Å². The first kappa shape index (κ1) is 24.7. The van der Waals surface area contributed by atoms with Crippen LogP contribution < -0.4 is 10.6 Å². The topological polar surface area (TPSA) is 133 Å². The molecule has 0 radical (unpaired) electrons. The molecule has 0 aliphatic heterocycles. The van der Waals surface area contributed by atoms with Gasteiger partial charge in [-0.3, -0.25) is 19.2 Å². The zero-order valence-electron chi connectivity index (χ0n) is 14.7. The van der Waals surface area contributed by atoms with Crippen molar-refractivity contribution in [2.45, 2.75) is 25.7 Å². The maximum atomic E-state index is 11.4. The predicted molar refractivity (Wildman–Crippen MR) is 91.9 cm³/mol. The molecule has 0 saturated heterocycles. The molecule has 0 aliphatic carbocycles. The fourth-order valence-corrected chi connectivity index (χ4v) is 1.57. The van der Waals surface area contributed by atoms with E-state index in [0.717, 1.165) is 25.3 Å². The first-order valence-electron chi connectivity index (χ1n) is 7.82. The molecule has 0 heterocycles. The van der Waals surface area contributed by atoms with Gasteiger partial charge in [0.15, 0.2) is 0 Å². The van der Waals surface area contributed by atoms with Crippen molar-refractivity contribution < 1.29 is 29.1 Å². The number of aldehydes is 2. The third-order valence-electron chi connectivity index (χ3n) is 2.80. The zero-order chi connectivity index (χ0) is 19.5. The maximum absolute atomic E-state index is 11.4. The van der Waals surface area contributed by atoms with Gasteiger partial charge < -0.3 is 25.4 Å². The molecule has 0 spiro atoms. The minimum atomic E-state index is -0.822. The Bertz CT molecular complexity index is 451. The van der Waals surface area contributed by atoms with Crippen molar-refractivity contribution in [2.75, 3.05) is 33.7 Å². The fraction of sp³-hybridized carbons (Fsp3) is 0.562. The second-order valence-corrected chi connectivity index (χ2v) is 4.96. The van der Waals surface area contributed by atoms with Crippen molar-refractivity contribution in [3.05, 3.63) is 12.2 Å². The largest absolute Gasteiger partial charge is 0.480 e. The SMILES string of the molecule is CN(CCCCCC(=O)NCC=O)C(=O)/C=C\C=O.CNCC(=O)O. The van der Waals surface area contributed by atoms with E-state index in [0.29, 0.717) is 25.5 Å². The molecule has 0 fully saturated rings. The molecule has 0 saturated carbocycles. The number of rotatable bonds is 12. The van der Waals surface area contributed by atoms with Crippen molar-refractivity contribution in [1.29, 1.82) is 0 Å². The third kappa shape index (κ3) is 19.4. The molecule has 0 aromatic heterocycles. The van der Waals surface area contributed by atoms with Crippen molar-refractivity contribution in [3.63, 3.8) is 0 Å². The smallest absolute Gasteiger partial charge is 0.317 e. The summed E-state index contributed by atoms with van der Waals surface area (Å²) in [7, 11) is 3.25. The number of carboxylic acids is 1. The standard InChI is InChI=1S/C13H20N2O4.C3H7NO2/c1-15(13(19)7-5-10-16)9-4-2-3-6-12(18)14-8-11-17;1-4-2-3(5)6/h5,7,10-11H,2-4,6,8-9H2,1H3,(H,14,18);4H,2H2,1H3,(H,5,6)/b7-5-;. The molecule has 0 atom stereocenters. The third-order valence-corrected chi connectivity index (χ3v) is 2.80. The molecule has 3 N–H and O–H groups in total. The zero-order valence-corrected chi connectivity index (χ0v) is 14.7. The number of likely N-dealkylation sites (N-methyl/N-ethyl adjacent to an activating group) is 2. The van der Waals surface area contributed by atoms with E-state index in [2.05, 4.69) is 10.6 Å². The van der Waals surface area contributed by atoms with Crippen LogP contribution >= 0.6 is 0 Å². The van der Waals surface area contributed by atoms with Crippen LogP contribution in [0.1, 0.15) is 25.7 Å². The summed E-state index contributed by atoms with van der Waals surface area (Å²) < 4.78 is 0. The summed E-state index contributed by atoms with van der Waals surface area (Å²) in [5, 5.41) is 12.8. The lowest BCUT2D eigenvalue weighted by Crippen LogP contribution is -2.26. The summed E-state index contributed by atoms with van der Waals surface area (Å²) in [4.78, 5) is 53.7. The summed E-state index contributed by atoms with van der Waals surface area (Å²) in [5.41, 5.74) is 0. The Hall–Kier alpha value is -2.55. The van der Waals surface area contributed by atoms with Crippen molar-refractivity contribution >= 4 is 30.4 Å². The lowest BCUT2D eigenvalue weighted by atomic mass is 10.2. The number of nitrogens with zero attached hydrogens (tertiary/aromatic N) is 1. The van der Waals surface area contributed by atoms with E-state index in [-0.39, 0.29) is 24.9 Å². The summed E-state index contributed by atoms with van der Waals surface area (Å²) in [5.74, 6) is -1.17. The molecule has 2 amide bonds. The number of aliphatic carboxylic acids is 1. The molecular weight excluding hydrogens is 330 g/mol. The number of nitrogens with one attached hydrogen (secondary N) is 2. The van der Waals surface area contributed by atoms with Gasteiger partial charge in [0.25, 0.3) is 0 Å². The first-order chi connectivity index (χ1) is 11.9. The number of allylic oxidation sites excluding steroid dienone is 1. The number of hydrogen-bond donors (Lipinski definition) is 3. The van der Waals surface area contributed by atoms with E-state index in [1.54, 1.807) is 14.1 Å². The highest BCUT2D eigenvalue weighted by Crippen LogP contribution is 2.01. The normalized spacial score (nSPS) is 9.68. The minimum Gasteiger partial charge on any atom is -0.480 e. The van der Waals surface area contributed by atoms with Crippen LogP contribution in [0.2, 0.25) is 0 Å². The number of amides is 2. The second kappa shape index (κ2) is 17.8. The van der Waals surface area contributed by atoms with E-state index in [1.807, 2.05) is 0 Å². The summed E-state index contributed by atoms with van der Waals surface area (Å²) in [6.45, 7) is 0.678. The van der Waals surface area contributed by atoms with Crippen LogP contribution in [-0.4, -0.2) is 74.1 Å². The molecule has 0 aliphatic rings. The van der Waals surface area contributed by atoms with Gasteiger partial charge in [0, 0.05) is 26.1 Å². The number of carbonyl (C=O) groups is 5. The maximum Gasteiger partial charge on any atom is 0.317 e. The van der Waals surface area contributed by atoms with Crippen molar-refractivity contribution in [1.82, 2.24) is 15.5 Å². The Morgan fingerprint density at radius 2 is 1.80 bits per heavy atom. The number of carboxylic acid groups (broad SMARTS) is 1. The highest BCUT2D eigenvalue weighted by atomic mass is 16.4. The van der Waals surface area contributed by atoms with Gasteiger partial charge in [-0.25, -0.2) is 0 Å². The monoisotopic (exact) mass is 357 g/mol. The lowest BCUT2D eigenvalue weighted by molar-refractivity contribution is -0.136. The molecule has 0 unspecified atom stereocenters. The van der Waals surface area contributed by atoms with Gasteiger partial charge in [-0.2, -0.15) is 0 Å². The second-order valence-electron chi connectivity index (χ2n) is 4.96. The Labute approximate surface area is 147 Å². The van der Waals surface area contributed by atoms with E-state index >= 15 is 0 Å².